The predicted molar refractivity (Wildman–Crippen MR) is 49.9 cm³/mol. The first-order valence-electron chi connectivity index (χ1n) is 4.09. The molecule has 3 nitrogen and oxygen atoms in total. The molecule has 0 unspecified atom stereocenters. The van der Waals surface area contributed by atoms with Gasteiger partial charge in [-0.2, -0.15) is 5.26 Å². The highest BCUT2D eigenvalue weighted by Crippen LogP contribution is 2.18. The molecule has 0 aliphatic carbocycles. The molecule has 0 radical (unpaired) electrons. The monoisotopic (exact) mass is 186 g/mol. The van der Waals surface area contributed by atoms with Crippen LogP contribution in [0.25, 0.3) is 0 Å². The number of thioether (sulfide) groups is 1. The Morgan fingerprint density at radius 1 is 1.75 bits per heavy atom. The van der Waals surface area contributed by atoms with Gasteiger partial charge in [-0.15, -0.1) is 0 Å². The van der Waals surface area contributed by atoms with Crippen LogP contribution in [0.2, 0.25) is 0 Å². The molecule has 0 bridgehead atoms. The Hall–Kier alpha value is -0.240. The lowest BCUT2D eigenvalue weighted by Gasteiger charge is -2.32. The summed E-state index contributed by atoms with van der Waals surface area (Å²) >= 11 is 1.29. The molecule has 1 aliphatic heterocycles. The Kier molecular flexibility index (Phi) is 3.86. The van der Waals surface area contributed by atoms with Crippen molar-refractivity contribution in [3.8, 4) is 5.40 Å². The van der Waals surface area contributed by atoms with E-state index in [1.54, 1.807) is 0 Å². The molecule has 1 heterocycles. The molecule has 1 fully saturated rings. The summed E-state index contributed by atoms with van der Waals surface area (Å²) in [6, 6.07) is 0. The molecular formula is C8H14N2OS. The van der Waals surface area contributed by atoms with Gasteiger partial charge in [0.1, 0.15) is 5.40 Å². The molecule has 1 rings (SSSR count). The van der Waals surface area contributed by atoms with E-state index in [2.05, 4.69) is 17.3 Å². The highest BCUT2D eigenvalue weighted by molar-refractivity contribution is 8.04. The maximum Gasteiger partial charge on any atom is 0.133 e. The fourth-order valence-electron chi connectivity index (χ4n) is 1.25. The van der Waals surface area contributed by atoms with Crippen LogP contribution in [0.1, 0.15) is 6.92 Å². The third-order valence-corrected chi connectivity index (χ3v) is 2.84. The summed E-state index contributed by atoms with van der Waals surface area (Å²) in [4.78, 5) is 2.24. The molecule has 0 aromatic carbocycles. The van der Waals surface area contributed by atoms with Crippen molar-refractivity contribution in [2.24, 2.45) is 0 Å². The first-order valence-corrected chi connectivity index (χ1v) is 4.97. The van der Waals surface area contributed by atoms with Gasteiger partial charge in [-0.25, -0.2) is 0 Å². The van der Waals surface area contributed by atoms with E-state index in [9.17, 15) is 0 Å². The standard InChI is InChI=1S/C8H14N2OS/c1-7(12-6-9)8-5-10(2)3-4-11-8/h7-8H,3-5H2,1-2H3/t7-,8-/m1/s1. The van der Waals surface area contributed by atoms with Crippen molar-refractivity contribution in [1.29, 1.82) is 5.26 Å². The van der Waals surface area contributed by atoms with Gasteiger partial charge in [0.15, 0.2) is 0 Å². The van der Waals surface area contributed by atoms with Gasteiger partial charge in [0, 0.05) is 18.3 Å². The summed E-state index contributed by atoms with van der Waals surface area (Å²) in [6.07, 6.45) is 0.216. The van der Waals surface area contributed by atoms with Gasteiger partial charge in [0.05, 0.1) is 12.7 Å². The number of hydrogen-bond acceptors (Lipinski definition) is 4. The van der Waals surface area contributed by atoms with Crippen LogP contribution < -0.4 is 0 Å². The lowest BCUT2D eigenvalue weighted by molar-refractivity contribution is -0.0175. The van der Waals surface area contributed by atoms with Crippen molar-refractivity contribution in [3.63, 3.8) is 0 Å². The number of ether oxygens (including phenoxy) is 1. The zero-order valence-corrected chi connectivity index (χ0v) is 8.30. The number of morpholine rings is 1. The molecule has 0 aromatic heterocycles. The molecule has 2 atom stereocenters. The summed E-state index contributed by atoms with van der Waals surface area (Å²) in [7, 11) is 2.08. The van der Waals surface area contributed by atoms with Crippen LogP contribution in [0, 0.1) is 10.7 Å². The van der Waals surface area contributed by atoms with Gasteiger partial charge in [-0.3, -0.25) is 0 Å². The molecule has 1 aliphatic rings. The summed E-state index contributed by atoms with van der Waals surface area (Å²) in [5.74, 6) is 0. The van der Waals surface area contributed by atoms with Crippen molar-refractivity contribution >= 4 is 11.8 Å². The fraction of sp³-hybridized carbons (Fsp3) is 0.875. The third kappa shape index (κ3) is 2.67. The number of likely N-dealkylation sites (N-methyl/N-ethyl adjacent to an activating group) is 1. The summed E-state index contributed by atoms with van der Waals surface area (Å²) < 4.78 is 5.55. The first-order chi connectivity index (χ1) is 5.74. The second-order valence-corrected chi connectivity index (χ2v) is 4.25. The predicted octanol–water partition coefficient (Wildman–Crippen LogP) is 0.920. The van der Waals surface area contributed by atoms with Crippen LogP contribution in [0.4, 0.5) is 0 Å². The quantitative estimate of drug-likeness (QED) is 0.601. The van der Waals surface area contributed by atoms with E-state index >= 15 is 0 Å². The van der Waals surface area contributed by atoms with E-state index < -0.39 is 0 Å². The topological polar surface area (TPSA) is 36.3 Å². The van der Waals surface area contributed by atoms with E-state index in [0.29, 0.717) is 0 Å². The minimum atomic E-state index is 0.216. The summed E-state index contributed by atoms with van der Waals surface area (Å²) in [5, 5.41) is 10.9. The van der Waals surface area contributed by atoms with E-state index in [-0.39, 0.29) is 11.4 Å². The Morgan fingerprint density at radius 2 is 2.50 bits per heavy atom. The largest absolute Gasteiger partial charge is 0.374 e. The van der Waals surface area contributed by atoms with Crippen LogP contribution >= 0.6 is 11.8 Å². The molecule has 1 saturated heterocycles. The van der Waals surface area contributed by atoms with Crippen molar-refractivity contribution < 1.29 is 4.74 Å². The lowest BCUT2D eigenvalue weighted by Crippen LogP contribution is -2.44. The van der Waals surface area contributed by atoms with Crippen LogP contribution in [-0.2, 0) is 4.74 Å². The summed E-state index contributed by atoms with van der Waals surface area (Å²) in [6.45, 7) is 4.77. The zero-order valence-electron chi connectivity index (χ0n) is 7.49. The van der Waals surface area contributed by atoms with E-state index in [0.717, 1.165) is 19.7 Å². The van der Waals surface area contributed by atoms with E-state index in [4.69, 9.17) is 10.00 Å². The maximum absolute atomic E-state index is 8.48. The average molecular weight is 186 g/mol. The lowest BCUT2D eigenvalue weighted by atomic mass is 10.2. The SMILES string of the molecule is C[C@@H](SC#N)[C@H]1CN(C)CCO1. The van der Waals surface area contributed by atoms with Crippen molar-refractivity contribution in [1.82, 2.24) is 4.90 Å². The maximum atomic E-state index is 8.48. The smallest absolute Gasteiger partial charge is 0.133 e. The number of hydrogen-bond donors (Lipinski definition) is 0. The Balaban J connectivity index is 2.35. The first kappa shape index (κ1) is 9.85. The highest BCUT2D eigenvalue weighted by Gasteiger charge is 2.23. The number of nitrogens with zero attached hydrogens (tertiary/aromatic N) is 2. The molecule has 0 aromatic rings. The van der Waals surface area contributed by atoms with Gasteiger partial charge in [0.25, 0.3) is 0 Å². The third-order valence-electron chi connectivity index (χ3n) is 2.06. The average Bonchev–Trinajstić information content (AvgIpc) is 2.05. The number of nitriles is 1. The summed E-state index contributed by atoms with van der Waals surface area (Å²) in [5.41, 5.74) is 0. The van der Waals surface area contributed by atoms with Crippen LogP contribution in [0.15, 0.2) is 0 Å². The van der Waals surface area contributed by atoms with Crippen molar-refractivity contribution in [2.45, 2.75) is 18.3 Å². The van der Waals surface area contributed by atoms with Crippen molar-refractivity contribution in [3.05, 3.63) is 0 Å². The van der Waals surface area contributed by atoms with E-state index in [1.165, 1.54) is 11.8 Å². The zero-order chi connectivity index (χ0) is 8.97. The van der Waals surface area contributed by atoms with E-state index in [1.807, 2.05) is 6.92 Å². The molecule has 12 heavy (non-hydrogen) atoms. The second kappa shape index (κ2) is 4.70. The number of thiocyanates is 1. The molecule has 4 heteroatoms. The van der Waals surface area contributed by atoms with Gasteiger partial charge < -0.3 is 9.64 Å². The van der Waals surface area contributed by atoms with Crippen LogP contribution in [0.5, 0.6) is 0 Å². The van der Waals surface area contributed by atoms with Crippen LogP contribution in [-0.4, -0.2) is 43.0 Å². The van der Waals surface area contributed by atoms with Gasteiger partial charge >= 0.3 is 0 Å². The van der Waals surface area contributed by atoms with Crippen molar-refractivity contribution in [2.75, 3.05) is 26.7 Å². The molecule has 68 valence electrons. The van der Waals surface area contributed by atoms with Gasteiger partial charge in [-0.05, 0) is 25.7 Å². The molecule has 0 N–H and O–H groups in total. The molecule has 0 saturated carbocycles. The normalized spacial score (nSPS) is 27.9. The highest BCUT2D eigenvalue weighted by atomic mass is 32.2. The fourth-order valence-corrected chi connectivity index (χ4v) is 1.74. The molecular weight excluding hydrogens is 172 g/mol. The Bertz CT molecular complexity index is 180. The van der Waals surface area contributed by atoms with Gasteiger partial charge in [0.2, 0.25) is 0 Å². The second-order valence-electron chi connectivity index (χ2n) is 3.09. The Morgan fingerprint density at radius 3 is 3.08 bits per heavy atom. The Labute approximate surface area is 77.7 Å². The minimum Gasteiger partial charge on any atom is -0.374 e. The minimum absolute atomic E-state index is 0.216. The molecule has 0 spiro atoms. The van der Waals surface area contributed by atoms with Crippen LogP contribution in [0.3, 0.4) is 0 Å². The molecule has 0 amide bonds. The number of rotatable bonds is 2. The van der Waals surface area contributed by atoms with Gasteiger partial charge in [-0.1, -0.05) is 0 Å².